The molecule has 0 bridgehead atoms. The lowest BCUT2D eigenvalue weighted by atomic mass is 10.2. The van der Waals surface area contributed by atoms with E-state index in [9.17, 15) is 4.79 Å². The van der Waals surface area contributed by atoms with Gasteiger partial charge in [-0.2, -0.15) is 0 Å². The summed E-state index contributed by atoms with van der Waals surface area (Å²) >= 11 is 10.8. The van der Waals surface area contributed by atoms with Gasteiger partial charge in [0.25, 0.3) is 0 Å². The fraction of sp³-hybridized carbons (Fsp3) is 0.167. The van der Waals surface area contributed by atoms with E-state index in [-0.39, 0.29) is 5.75 Å². The lowest BCUT2D eigenvalue weighted by Crippen LogP contribution is -2.02. The summed E-state index contributed by atoms with van der Waals surface area (Å²) in [5.74, 6) is -0.908. The molecular weight excluding hydrogens is 352 g/mol. The van der Waals surface area contributed by atoms with E-state index in [1.165, 1.54) is 0 Å². The van der Waals surface area contributed by atoms with Gasteiger partial charge in [-0.1, -0.05) is 23.4 Å². The van der Waals surface area contributed by atoms with E-state index in [0.29, 0.717) is 10.2 Å². The van der Waals surface area contributed by atoms with Gasteiger partial charge in [-0.3, -0.25) is 9.36 Å². The first-order chi connectivity index (χ1) is 8.99. The number of aliphatic carboxylic acids is 1. The minimum absolute atomic E-state index is 0.0335. The lowest BCUT2D eigenvalue weighted by molar-refractivity contribution is -0.133. The van der Waals surface area contributed by atoms with Gasteiger partial charge in [0.15, 0.2) is 5.16 Å². The molecule has 0 aliphatic rings. The maximum Gasteiger partial charge on any atom is 0.313 e. The maximum atomic E-state index is 10.6. The number of aromatic nitrogens is 2. The van der Waals surface area contributed by atoms with Crippen molar-refractivity contribution in [2.75, 3.05) is 5.75 Å². The Bertz CT molecular complexity index is 630. The minimum Gasteiger partial charge on any atom is -0.481 e. The van der Waals surface area contributed by atoms with Gasteiger partial charge in [0, 0.05) is 21.9 Å². The number of rotatable bonds is 4. The molecule has 19 heavy (non-hydrogen) atoms. The van der Waals surface area contributed by atoms with Gasteiger partial charge in [0.1, 0.15) is 0 Å². The number of hydrogen-bond acceptors (Lipinski definition) is 3. The average molecular weight is 362 g/mol. The number of carbonyl (C=O) groups is 1. The molecule has 1 aromatic carbocycles. The predicted molar refractivity (Wildman–Crippen MR) is 79.4 cm³/mol. The molecule has 0 unspecified atom stereocenters. The summed E-state index contributed by atoms with van der Waals surface area (Å²) in [5, 5.41) is 9.99. The molecule has 0 atom stereocenters. The smallest absolute Gasteiger partial charge is 0.313 e. The van der Waals surface area contributed by atoms with E-state index < -0.39 is 5.97 Å². The Morgan fingerprint density at radius 3 is 3.00 bits per heavy atom. The second-order valence-corrected chi connectivity index (χ2v) is 6.02. The van der Waals surface area contributed by atoms with Crippen LogP contribution in [0.1, 0.15) is 5.56 Å². The topological polar surface area (TPSA) is 55.1 Å². The standard InChI is InChI=1S/C12H10BrClN2O2S/c1-7-4-8(13)10(5-9(7)14)16-3-2-15-12(16)19-6-11(17)18/h2-5H,6H2,1H3,(H,17,18). The van der Waals surface area contributed by atoms with E-state index in [2.05, 4.69) is 20.9 Å². The van der Waals surface area contributed by atoms with E-state index in [4.69, 9.17) is 16.7 Å². The van der Waals surface area contributed by atoms with E-state index >= 15 is 0 Å². The molecule has 0 fully saturated rings. The van der Waals surface area contributed by atoms with Gasteiger partial charge in [0.05, 0.1) is 11.4 Å². The highest BCUT2D eigenvalue weighted by molar-refractivity contribution is 9.10. The van der Waals surface area contributed by atoms with Crippen LogP contribution in [0.4, 0.5) is 0 Å². The van der Waals surface area contributed by atoms with E-state index in [1.807, 2.05) is 23.6 Å². The summed E-state index contributed by atoms with van der Waals surface area (Å²) in [6, 6.07) is 3.75. The number of carboxylic acids is 1. The quantitative estimate of drug-likeness (QED) is 0.842. The van der Waals surface area contributed by atoms with Crippen LogP contribution in [0, 0.1) is 6.92 Å². The van der Waals surface area contributed by atoms with Crippen LogP contribution in [-0.2, 0) is 4.79 Å². The van der Waals surface area contributed by atoms with Crippen LogP contribution >= 0.6 is 39.3 Å². The van der Waals surface area contributed by atoms with Crippen LogP contribution < -0.4 is 0 Å². The number of nitrogens with zero attached hydrogens (tertiary/aromatic N) is 2. The van der Waals surface area contributed by atoms with Crippen molar-refractivity contribution in [2.24, 2.45) is 0 Å². The number of carboxylic acid groups (broad SMARTS) is 1. The number of aryl methyl sites for hydroxylation is 1. The van der Waals surface area contributed by atoms with Crippen molar-refractivity contribution in [1.82, 2.24) is 9.55 Å². The van der Waals surface area contributed by atoms with Crippen LogP contribution in [-0.4, -0.2) is 26.4 Å². The molecule has 1 heterocycles. The van der Waals surface area contributed by atoms with E-state index in [0.717, 1.165) is 27.5 Å². The molecule has 0 spiro atoms. The monoisotopic (exact) mass is 360 g/mol. The largest absolute Gasteiger partial charge is 0.481 e. The van der Waals surface area contributed by atoms with Crippen molar-refractivity contribution in [3.63, 3.8) is 0 Å². The molecule has 1 N–H and O–H groups in total. The third-order valence-corrected chi connectivity index (χ3v) is 4.41. The summed E-state index contributed by atoms with van der Waals surface area (Å²) in [4.78, 5) is 14.8. The van der Waals surface area contributed by atoms with Crippen LogP contribution in [0.2, 0.25) is 5.02 Å². The van der Waals surface area contributed by atoms with Crippen LogP contribution in [0.25, 0.3) is 5.69 Å². The molecule has 0 radical (unpaired) electrons. The highest BCUT2D eigenvalue weighted by atomic mass is 79.9. The second-order valence-electron chi connectivity index (χ2n) is 3.82. The van der Waals surface area contributed by atoms with Crippen molar-refractivity contribution >= 4 is 45.3 Å². The van der Waals surface area contributed by atoms with Crippen molar-refractivity contribution in [3.8, 4) is 5.69 Å². The first-order valence-corrected chi connectivity index (χ1v) is 7.48. The average Bonchev–Trinajstić information content (AvgIpc) is 2.79. The molecule has 100 valence electrons. The normalized spacial score (nSPS) is 10.7. The molecule has 2 aromatic rings. The van der Waals surface area contributed by atoms with Gasteiger partial charge in [-0.25, -0.2) is 4.98 Å². The zero-order chi connectivity index (χ0) is 14.0. The third kappa shape index (κ3) is 3.32. The van der Waals surface area contributed by atoms with Crippen LogP contribution in [0.15, 0.2) is 34.2 Å². The Morgan fingerprint density at radius 1 is 1.58 bits per heavy atom. The zero-order valence-corrected chi connectivity index (χ0v) is 13.1. The Labute approximate surface area is 127 Å². The molecule has 1 aromatic heterocycles. The minimum atomic E-state index is -0.874. The molecule has 7 heteroatoms. The number of halogens is 2. The Hall–Kier alpha value is -0.980. The number of hydrogen-bond donors (Lipinski definition) is 1. The van der Waals surface area contributed by atoms with Crippen molar-refractivity contribution in [1.29, 1.82) is 0 Å². The van der Waals surface area contributed by atoms with Gasteiger partial charge < -0.3 is 5.11 Å². The zero-order valence-electron chi connectivity index (χ0n) is 9.93. The van der Waals surface area contributed by atoms with Crippen molar-refractivity contribution in [3.05, 3.63) is 39.6 Å². The Balaban J connectivity index is 2.40. The predicted octanol–water partition coefficient (Wildman–Crippen LogP) is 3.77. The third-order valence-electron chi connectivity index (χ3n) is 2.42. The number of imidazole rings is 1. The van der Waals surface area contributed by atoms with Crippen molar-refractivity contribution in [2.45, 2.75) is 12.1 Å². The van der Waals surface area contributed by atoms with Gasteiger partial charge >= 0.3 is 5.97 Å². The number of benzene rings is 1. The Morgan fingerprint density at radius 2 is 2.32 bits per heavy atom. The first kappa shape index (κ1) is 14.4. The molecule has 4 nitrogen and oxygen atoms in total. The summed E-state index contributed by atoms with van der Waals surface area (Å²) in [7, 11) is 0. The van der Waals surface area contributed by atoms with Gasteiger partial charge in [-0.15, -0.1) is 0 Å². The van der Waals surface area contributed by atoms with Crippen LogP contribution in [0.3, 0.4) is 0 Å². The molecule has 2 rings (SSSR count). The fourth-order valence-electron chi connectivity index (χ4n) is 1.53. The molecule has 0 aliphatic heterocycles. The van der Waals surface area contributed by atoms with Crippen molar-refractivity contribution < 1.29 is 9.90 Å². The second kappa shape index (κ2) is 5.98. The van der Waals surface area contributed by atoms with Gasteiger partial charge in [-0.05, 0) is 40.5 Å². The highest BCUT2D eigenvalue weighted by Crippen LogP contribution is 2.30. The SMILES string of the molecule is Cc1cc(Br)c(-n2ccnc2SCC(=O)O)cc1Cl. The summed E-state index contributed by atoms with van der Waals surface area (Å²) in [5.41, 5.74) is 1.80. The molecule has 0 amide bonds. The number of thioether (sulfide) groups is 1. The Kier molecular flexibility index (Phi) is 4.54. The van der Waals surface area contributed by atoms with Crippen LogP contribution in [0.5, 0.6) is 0 Å². The molecule has 0 saturated heterocycles. The summed E-state index contributed by atoms with van der Waals surface area (Å²) in [6.07, 6.45) is 3.40. The highest BCUT2D eigenvalue weighted by Gasteiger charge is 2.12. The van der Waals surface area contributed by atoms with E-state index in [1.54, 1.807) is 12.4 Å². The molecule has 0 aliphatic carbocycles. The molecule has 0 saturated carbocycles. The summed E-state index contributed by atoms with van der Waals surface area (Å²) in [6.45, 7) is 1.92. The summed E-state index contributed by atoms with van der Waals surface area (Å²) < 4.78 is 2.69. The fourth-order valence-corrected chi connectivity index (χ4v) is 3.02. The first-order valence-electron chi connectivity index (χ1n) is 5.33. The maximum absolute atomic E-state index is 10.6. The van der Waals surface area contributed by atoms with Gasteiger partial charge in [0.2, 0.25) is 0 Å². The molecular formula is C12H10BrClN2O2S. The lowest BCUT2D eigenvalue weighted by Gasteiger charge is -2.11.